The smallest absolute Gasteiger partial charge is 0.438 e. The Hall–Kier alpha value is -1.71. The molecular weight excluding hydrogens is 215 g/mol. The minimum absolute atomic E-state index is 0.108. The number of nitrogens with zero attached hydrogens (tertiary/aromatic N) is 1. The number of hydrogen-bond donors (Lipinski definition) is 1. The molecule has 0 amide bonds. The predicted octanol–water partition coefficient (Wildman–Crippen LogP) is 2.19. The molecule has 1 N–H and O–H groups in total. The second kappa shape index (κ2) is 5.24. The van der Waals surface area contributed by atoms with Crippen molar-refractivity contribution in [3.05, 3.63) is 22.9 Å². The van der Waals surface area contributed by atoms with Crippen LogP contribution in [0.25, 0.3) is 4.85 Å². The predicted molar refractivity (Wildman–Crippen MR) is 43.6 cm³/mol. The summed E-state index contributed by atoms with van der Waals surface area (Å²) < 4.78 is 40.0. The minimum Gasteiger partial charge on any atom is -0.515 e. The number of halogens is 3. The third-order valence-electron chi connectivity index (χ3n) is 1.24. The van der Waals surface area contributed by atoms with Crippen LogP contribution in [-0.4, -0.2) is 23.9 Å². The first-order chi connectivity index (χ1) is 6.84. The Morgan fingerprint density at radius 3 is 2.40 bits per heavy atom. The van der Waals surface area contributed by atoms with Crippen molar-refractivity contribution in [3.63, 3.8) is 0 Å². The molecule has 0 aromatic carbocycles. The number of hydrogen-bond acceptors (Lipinski definition) is 3. The molecule has 0 aliphatic carbocycles. The summed E-state index contributed by atoms with van der Waals surface area (Å²) in [6.07, 6.45) is -4.71. The second-order valence-corrected chi connectivity index (χ2v) is 2.44. The third-order valence-corrected chi connectivity index (χ3v) is 1.24. The molecule has 0 unspecified atom stereocenters. The number of aliphatic hydroxyl groups is 1. The van der Waals surface area contributed by atoms with Gasteiger partial charge in [0.05, 0.1) is 13.2 Å². The van der Waals surface area contributed by atoms with Gasteiger partial charge in [-0.1, -0.05) is 6.92 Å². The van der Waals surface area contributed by atoms with Crippen LogP contribution in [0.3, 0.4) is 0 Å². The molecule has 0 heterocycles. The topological polar surface area (TPSA) is 50.9 Å². The average molecular weight is 223 g/mol. The standard InChI is InChI=1S/C8H8F3NO3/c1-3-4-15-7(14)5(12-2)6(13)8(9,10)11/h13H,3-4H2,1H3. The van der Waals surface area contributed by atoms with Crippen molar-refractivity contribution in [2.75, 3.05) is 6.61 Å². The fourth-order valence-corrected chi connectivity index (χ4v) is 0.593. The Labute approximate surface area is 83.8 Å². The molecule has 0 aromatic heterocycles. The zero-order valence-electron chi connectivity index (χ0n) is 7.76. The summed E-state index contributed by atoms with van der Waals surface area (Å²) in [4.78, 5) is 13.2. The molecule has 0 aliphatic heterocycles. The van der Waals surface area contributed by atoms with E-state index in [1.165, 1.54) is 0 Å². The highest BCUT2D eigenvalue weighted by molar-refractivity contribution is 5.91. The van der Waals surface area contributed by atoms with Gasteiger partial charge >= 0.3 is 17.8 Å². The molecule has 0 radical (unpaired) electrons. The van der Waals surface area contributed by atoms with Crippen LogP contribution in [0.2, 0.25) is 0 Å². The Morgan fingerprint density at radius 1 is 1.53 bits per heavy atom. The summed E-state index contributed by atoms with van der Waals surface area (Å²) in [7, 11) is 0. The molecular formula is C8H8F3NO3. The Balaban J connectivity index is 4.92. The molecule has 0 rings (SSSR count). The number of esters is 1. The molecule has 0 saturated carbocycles. The largest absolute Gasteiger partial charge is 0.515 e. The normalized spacial score (nSPS) is 12.7. The van der Waals surface area contributed by atoms with E-state index in [9.17, 15) is 18.0 Å². The van der Waals surface area contributed by atoms with E-state index in [1.807, 2.05) is 0 Å². The van der Waals surface area contributed by atoms with E-state index in [2.05, 4.69) is 9.58 Å². The van der Waals surface area contributed by atoms with Crippen LogP contribution in [0.1, 0.15) is 13.3 Å². The lowest BCUT2D eigenvalue weighted by atomic mass is 10.3. The van der Waals surface area contributed by atoms with E-state index in [-0.39, 0.29) is 6.61 Å². The van der Waals surface area contributed by atoms with Gasteiger partial charge in [0.2, 0.25) is 5.76 Å². The maximum Gasteiger partial charge on any atom is 0.438 e. The first kappa shape index (κ1) is 13.3. The van der Waals surface area contributed by atoms with Gasteiger partial charge in [0.1, 0.15) is 0 Å². The van der Waals surface area contributed by atoms with Crippen LogP contribution in [0.5, 0.6) is 0 Å². The van der Waals surface area contributed by atoms with E-state index in [1.54, 1.807) is 6.92 Å². The number of allylic oxidation sites excluding steroid dienone is 1. The van der Waals surface area contributed by atoms with Crippen molar-refractivity contribution in [3.8, 4) is 0 Å². The first-order valence-corrected chi connectivity index (χ1v) is 3.89. The van der Waals surface area contributed by atoms with E-state index in [4.69, 9.17) is 11.7 Å². The summed E-state index contributed by atoms with van der Waals surface area (Å²) in [6.45, 7) is 7.87. The van der Waals surface area contributed by atoms with Gasteiger partial charge < -0.3 is 9.84 Å². The van der Waals surface area contributed by atoms with Gasteiger partial charge in [-0.2, -0.15) is 13.2 Å². The molecule has 84 valence electrons. The summed E-state index contributed by atoms with van der Waals surface area (Å²) in [5.74, 6) is -3.69. The summed E-state index contributed by atoms with van der Waals surface area (Å²) >= 11 is 0. The Kier molecular flexibility index (Phi) is 4.64. The lowest BCUT2D eigenvalue weighted by molar-refractivity contribution is -0.142. The quantitative estimate of drug-likeness (QED) is 0.345. The fraction of sp³-hybridized carbons (Fsp3) is 0.500. The van der Waals surface area contributed by atoms with Gasteiger partial charge in [-0.05, 0) is 6.42 Å². The van der Waals surface area contributed by atoms with Crippen LogP contribution in [0, 0.1) is 6.57 Å². The SMILES string of the molecule is [C-]#[N+]C(C(=O)OCCC)=C(O)C(F)(F)F. The van der Waals surface area contributed by atoms with Crippen molar-refractivity contribution in [2.24, 2.45) is 0 Å². The number of aliphatic hydroxyl groups excluding tert-OH is 1. The van der Waals surface area contributed by atoms with Crippen molar-refractivity contribution in [1.29, 1.82) is 0 Å². The van der Waals surface area contributed by atoms with Crippen LogP contribution >= 0.6 is 0 Å². The van der Waals surface area contributed by atoms with Crippen molar-refractivity contribution in [2.45, 2.75) is 19.5 Å². The first-order valence-electron chi connectivity index (χ1n) is 3.89. The molecule has 15 heavy (non-hydrogen) atoms. The highest BCUT2D eigenvalue weighted by Gasteiger charge is 2.39. The molecule has 0 fully saturated rings. The highest BCUT2D eigenvalue weighted by atomic mass is 19.4. The van der Waals surface area contributed by atoms with E-state index < -0.39 is 23.6 Å². The molecule has 0 bridgehead atoms. The number of carbonyl (C=O) groups is 1. The van der Waals surface area contributed by atoms with E-state index in [0.29, 0.717) is 6.42 Å². The number of carbonyl (C=O) groups excluding carboxylic acids is 1. The third kappa shape index (κ3) is 3.89. The molecule has 0 spiro atoms. The maximum absolute atomic E-state index is 11.9. The summed E-state index contributed by atoms with van der Waals surface area (Å²) in [6, 6.07) is 0. The van der Waals surface area contributed by atoms with Gasteiger partial charge in [0.25, 0.3) is 0 Å². The molecule has 4 nitrogen and oxygen atoms in total. The van der Waals surface area contributed by atoms with Crippen LogP contribution in [-0.2, 0) is 9.53 Å². The lowest BCUT2D eigenvalue weighted by Gasteiger charge is -2.07. The highest BCUT2D eigenvalue weighted by Crippen LogP contribution is 2.26. The van der Waals surface area contributed by atoms with Crippen LogP contribution in [0.15, 0.2) is 11.5 Å². The van der Waals surface area contributed by atoms with E-state index in [0.717, 1.165) is 0 Å². The Bertz CT molecular complexity index is 314. The number of alkyl halides is 3. The van der Waals surface area contributed by atoms with Crippen molar-refractivity contribution < 1.29 is 27.8 Å². The van der Waals surface area contributed by atoms with Crippen LogP contribution in [0.4, 0.5) is 13.2 Å². The van der Waals surface area contributed by atoms with Gasteiger partial charge in [-0.3, -0.25) is 4.79 Å². The zero-order chi connectivity index (χ0) is 12.1. The molecule has 0 aromatic rings. The fourth-order valence-electron chi connectivity index (χ4n) is 0.593. The van der Waals surface area contributed by atoms with Gasteiger partial charge in [0, 0.05) is 0 Å². The van der Waals surface area contributed by atoms with Crippen molar-refractivity contribution in [1.82, 2.24) is 0 Å². The number of rotatable bonds is 3. The van der Waals surface area contributed by atoms with E-state index >= 15 is 0 Å². The molecule has 0 atom stereocenters. The average Bonchev–Trinajstić information content (AvgIpc) is 2.14. The molecule has 0 saturated heterocycles. The van der Waals surface area contributed by atoms with Gasteiger partial charge in [0.15, 0.2) is 0 Å². The minimum atomic E-state index is -5.12. The molecule has 7 heteroatoms. The number of ether oxygens (including phenoxy) is 1. The second-order valence-electron chi connectivity index (χ2n) is 2.44. The van der Waals surface area contributed by atoms with Gasteiger partial charge in [-0.15, -0.1) is 0 Å². The van der Waals surface area contributed by atoms with Crippen molar-refractivity contribution >= 4 is 5.97 Å². The monoisotopic (exact) mass is 223 g/mol. The summed E-state index contributed by atoms with van der Waals surface area (Å²) in [5.41, 5.74) is -1.45. The van der Waals surface area contributed by atoms with Crippen LogP contribution < -0.4 is 0 Å². The lowest BCUT2D eigenvalue weighted by Crippen LogP contribution is -2.18. The maximum atomic E-state index is 11.9. The summed E-state index contributed by atoms with van der Waals surface area (Å²) in [5, 5.41) is 8.56. The zero-order valence-corrected chi connectivity index (χ0v) is 7.76. The Morgan fingerprint density at radius 2 is 2.07 bits per heavy atom. The molecule has 0 aliphatic rings. The van der Waals surface area contributed by atoms with Gasteiger partial charge in [-0.25, -0.2) is 4.85 Å².